The van der Waals surface area contributed by atoms with Crippen LogP contribution < -0.4 is 0 Å². The maximum Gasteiger partial charge on any atom is 0.327 e. The van der Waals surface area contributed by atoms with Crippen molar-refractivity contribution in [3.05, 3.63) is 0 Å². The maximum absolute atomic E-state index is 11.1. The van der Waals surface area contributed by atoms with Gasteiger partial charge in [-0.3, -0.25) is 4.79 Å². The number of esters is 1. The van der Waals surface area contributed by atoms with Crippen LogP contribution in [0.5, 0.6) is 0 Å². The zero-order valence-corrected chi connectivity index (χ0v) is 10.2. The Balaban J connectivity index is 2.53. The van der Waals surface area contributed by atoms with Gasteiger partial charge < -0.3 is 9.47 Å². The highest BCUT2D eigenvalue weighted by molar-refractivity contribution is 7.99. The van der Waals surface area contributed by atoms with Gasteiger partial charge in [0.15, 0.2) is 0 Å². The summed E-state index contributed by atoms with van der Waals surface area (Å²) < 4.78 is 11.0. The number of carbonyl (C=O) groups excluding carboxylic acids is 1. The number of carbonyl (C=O) groups is 1. The summed E-state index contributed by atoms with van der Waals surface area (Å²) in [6, 6.07) is 0. The van der Waals surface area contributed by atoms with E-state index in [1.54, 1.807) is 7.11 Å². The van der Waals surface area contributed by atoms with Crippen LogP contribution in [0.3, 0.4) is 0 Å². The van der Waals surface area contributed by atoms with Crippen LogP contribution in [-0.2, 0) is 20.8 Å². The molecule has 0 aromatic carbocycles. The summed E-state index contributed by atoms with van der Waals surface area (Å²) in [5.74, 6) is 0.340. The van der Waals surface area contributed by atoms with Gasteiger partial charge in [-0.1, -0.05) is 11.8 Å². The van der Waals surface area contributed by atoms with Crippen LogP contribution in [0.25, 0.3) is 0 Å². The molecule has 0 fully saturated rings. The molecule has 0 bridgehead atoms. The smallest absolute Gasteiger partial charge is 0.327 e. The first-order valence-corrected chi connectivity index (χ1v) is 5.64. The van der Waals surface area contributed by atoms with E-state index in [4.69, 9.17) is 4.74 Å². The molecule has 0 saturated heterocycles. The minimum Gasteiger partial charge on any atom is -0.468 e. The third kappa shape index (κ3) is 3.78. The predicted molar refractivity (Wildman–Crippen MR) is 57.0 cm³/mol. The lowest BCUT2D eigenvalue weighted by Crippen LogP contribution is -2.15. The molecule has 0 aliphatic carbocycles. The van der Waals surface area contributed by atoms with E-state index in [0.29, 0.717) is 5.16 Å². The number of tetrazole rings is 1. The van der Waals surface area contributed by atoms with Gasteiger partial charge >= 0.3 is 5.97 Å². The topological polar surface area (TPSA) is 79.1 Å². The van der Waals surface area contributed by atoms with Gasteiger partial charge in [0.1, 0.15) is 6.54 Å². The van der Waals surface area contributed by atoms with Crippen LogP contribution in [0.15, 0.2) is 5.16 Å². The van der Waals surface area contributed by atoms with Crippen LogP contribution in [-0.4, -0.2) is 52.3 Å². The normalized spacial score (nSPS) is 12.4. The van der Waals surface area contributed by atoms with E-state index in [1.165, 1.54) is 23.6 Å². The van der Waals surface area contributed by atoms with E-state index >= 15 is 0 Å². The monoisotopic (exact) mass is 246 g/mol. The molecule has 0 radical (unpaired) electrons. The van der Waals surface area contributed by atoms with E-state index in [-0.39, 0.29) is 18.6 Å². The highest BCUT2D eigenvalue weighted by Gasteiger charge is 2.12. The summed E-state index contributed by atoms with van der Waals surface area (Å²) in [6.45, 7) is 1.97. The van der Waals surface area contributed by atoms with Crippen molar-refractivity contribution in [2.45, 2.75) is 24.7 Å². The molecule has 1 atom stereocenters. The molecule has 1 unspecified atom stereocenters. The number of nitrogens with zero attached hydrogens (tertiary/aromatic N) is 4. The van der Waals surface area contributed by atoms with Crippen LogP contribution in [0.4, 0.5) is 0 Å². The number of rotatable bonds is 6. The second-order valence-electron chi connectivity index (χ2n) is 3.05. The molecule has 0 saturated carbocycles. The molecule has 0 N–H and O–H groups in total. The minimum atomic E-state index is -0.381. The Labute approximate surface area is 97.5 Å². The summed E-state index contributed by atoms with van der Waals surface area (Å²) >= 11 is 1.43. The Hall–Kier alpha value is -1.15. The Bertz CT molecular complexity index is 344. The van der Waals surface area contributed by atoms with Gasteiger partial charge in [-0.05, 0) is 17.4 Å². The Morgan fingerprint density at radius 1 is 1.56 bits per heavy atom. The van der Waals surface area contributed by atoms with Crippen molar-refractivity contribution in [1.82, 2.24) is 20.2 Å². The Kier molecular flexibility index (Phi) is 5.20. The standard InChI is InChI=1S/C8H14N4O3S/c1-6(14-2)5-16-8-9-10-11-12(8)4-7(13)15-3/h6H,4-5H2,1-3H3. The molecule has 1 aromatic heterocycles. The average molecular weight is 246 g/mol. The first-order valence-electron chi connectivity index (χ1n) is 4.66. The van der Waals surface area contributed by atoms with E-state index in [0.717, 1.165) is 5.75 Å². The average Bonchev–Trinajstić information content (AvgIpc) is 2.73. The second-order valence-corrected chi connectivity index (χ2v) is 4.04. The number of thioether (sulfide) groups is 1. The SMILES string of the molecule is COC(=O)Cn1nnnc1SCC(C)OC. The molecule has 1 aromatic rings. The number of ether oxygens (including phenoxy) is 2. The van der Waals surface area contributed by atoms with Crippen molar-refractivity contribution in [3.63, 3.8) is 0 Å². The van der Waals surface area contributed by atoms with Gasteiger partial charge in [0.05, 0.1) is 13.2 Å². The van der Waals surface area contributed by atoms with E-state index in [1.807, 2.05) is 6.92 Å². The quantitative estimate of drug-likeness (QED) is 0.515. The maximum atomic E-state index is 11.1. The summed E-state index contributed by atoms with van der Waals surface area (Å²) in [6.07, 6.45) is 0.105. The molecule has 16 heavy (non-hydrogen) atoms. The van der Waals surface area contributed by atoms with Gasteiger partial charge in [0, 0.05) is 12.9 Å². The van der Waals surface area contributed by atoms with Crippen LogP contribution in [0, 0.1) is 0 Å². The zero-order chi connectivity index (χ0) is 12.0. The third-order valence-corrected chi connectivity index (χ3v) is 3.04. The number of methoxy groups -OCH3 is 2. The summed E-state index contributed by atoms with van der Waals surface area (Å²) in [7, 11) is 2.97. The Morgan fingerprint density at radius 3 is 2.94 bits per heavy atom. The van der Waals surface area contributed by atoms with Gasteiger partial charge in [-0.15, -0.1) is 5.10 Å². The first-order chi connectivity index (χ1) is 7.67. The van der Waals surface area contributed by atoms with Crippen molar-refractivity contribution < 1.29 is 14.3 Å². The van der Waals surface area contributed by atoms with E-state index in [2.05, 4.69) is 20.3 Å². The summed E-state index contributed by atoms with van der Waals surface area (Å²) in [5, 5.41) is 11.6. The molecule has 0 aliphatic heterocycles. The lowest BCUT2D eigenvalue weighted by Gasteiger charge is -2.07. The zero-order valence-electron chi connectivity index (χ0n) is 9.41. The fourth-order valence-electron chi connectivity index (χ4n) is 0.846. The highest BCUT2D eigenvalue weighted by Crippen LogP contribution is 2.15. The molecular weight excluding hydrogens is 232 g/mol. The van der Waals surface area contributed by atoms with Crippen LogP contribution >= 0.6 is 11.8 Å². The van der Waals surface area contributed by atoms with Crippen molar-refractivity contribution in [2.75, 3.05) is 20.0 Å². The molecule has 8 heteroatoms. The highest BCUT2D eigenvalue weighted by atomic mass is 32.2. The molecule has 0 spiro atoms. The minimum absolute atomic E-state index is 0.0210. The molecular formula is C8H14N4O3S. The van der Waals surface area contributed by atoms with E-state index < -0.39 is 0 Å². The van der Waals surface area contributed by atoms with Crippen LogP contribution in [0.1, 0.15) is 6.92 Å². The predicted octanol–water partition coefficient (Wildman–Crippen LogP) is -0.0269. The van der Waals surface area contributed by atoms with Crippen molar-refractivity contribution >= 4 is 17.7 Å². The first kappa shape index (κ1) is 12.9. The molecule has 1 heterocycles. The van der Waals surface area contributed by atoms with Gasteiger partial charge in [-0.25, -0.2) is 4.68 Å². The summed E-state index contributed by atoms with van der Waals surface area (Å²) in [5.41, 5.74) is 0. The molecule has 0 amide bonds. The summed E-state index contributed by atoms with van der Waals surface area (Å²) in [4.78, 5) is 11.1. The van der Waals surface area contributed by atoms with Crippen molar-refractivity contribution in [2.24, 2.45) is 0 Å². The van der Waals surface area contributed by atoms with Gasteiger partial charge in [0.2, 0.25) is 5.16 Å². The van der Waals surface area contributed by atoms with Gasteiger partial charge in [0.25, 0.3) is 0 Å². The molecule has 7 nitrogen and oxygen atoms in total. The lowest BCUT2D eigenvalue weighted by molar-refractivity contribution is -0.141. The molecule has 0 aliphatic rings. The van der Waals surface area contributed by atoms with Crippen LogP contribution in [0.2, 0.25) is 0 Å². The Morgan fingerprint density at radius 2 is 2.31 bits per heavy atom. The van der Waals surface area contributed by atoms with Crippen molar-refractivity contribution in [1.29, 1.82) is 0 Å². The largest absolute Gasteiger partial charge is 0.468 e. The number of aromatic nitrogens is 4. The second kappa shape index (κ2) is 6.44. The number of hydrogen-bond donors (Lipinski definition) is 0. The lowest BCUT2D eigenvalue weighted by atomic mass is 10.5. The third-order valence-electron chi connectivity index (χ3n) is 1.86. The molecule has 1 rings (SSSR count). The molecule has 90 valence electrons. The number of hydrogen-bond acceptors (Lipinski definition) is 7. The van der Waals surface area contributed by atoms with E-state index in [9.17, 15) is 4.79 Å². The van der Waals surface area contributed by atoms with Crippen molar-refractivity contribution in [3.8, 4) is 0 Å². The fraction of sp³-hybridized carbons (Fsp3) is 0.750. The van der Waals surface area contributed by atoms with Gasteiger partial charge in [-0.2, -0.15) is 0 Å². The fourth-order valence-corrected chi connectivity index (χ4v) is 1.71.